The second-order valence-electron chi connectivity index (χ2n) is 8.45. The van der Waals surface area contributed by atoms with Crippen molar-refractivity contribution < 1.29 is 50.9 Å². The van der Waals surface area contributed by atoms with Crippen LogP contribution in [0, 0.1) is 5.92 Å². The van der Waals surface area contributed by atoms with Gasteiger partial charge in [0.2, 0.25) is 0 Å². The van der Waals surface area contributed by atoms with E-state index in [-0.39, 0.29) is 5.60 Å². The molecule has 0 aromatic carbocycles. The fourth-order valence-electron chi connectivity index (χ4n) is 3.53. The highest BCUT2D eigenvalue weighted by Gasteiger charge is 2.47. The van der Waals surface area contributed by atoms with E-state index in [0.717, 1.165) is 44.1 Å². The highest BCUT2D eigenvalue weighted by atomic mass is 19.4. The van der Waals surface area contributed by atoms with E-state index in [1.165, 1.54) is 6.42 Å². The number of aromatic nitrogens is 4. The molecule has 1 unspecified atom stereocenters. The lowest BCUT2D eigenvalue weighted by Gasteiger charge is -2.53. The molecule has 0 amide bonds. The van der Waals surface area contributed by atoms with E-state index in [1.807, 2.05) is 12.1 Å². The summed E-state index contributed by atoms with van der Waals surface area (Å²) in [7, 11) is 4.25. The fourth-order valence-corrected chi connectivity index (χ4v) is 3.53. The molecule has 0 bridgehead atoms. The van der Waals surface area contributed by atoms with Crippen molar-refractivity contribution >= 4 is 23.4 Å². The Balaban J connectivity index is 0.000000271. The summed E-state index contributed by atoms with van der Waals surface area (Å²) in [6.45, 7) is 3.86. The van der Waals surface area contributed by atoms with Gasteiger partial charge >= 0.3 is 24.3 Å². The first-order valence-electron chi connectivity index (χ1n) is 10.3. The number of carboxylic acids is 2. The lowest BCUT2D eigenvalue weighted by molar-refractivity contribution is -0.193. The summed E-state index contributed by atoms with van der Waals surface area (Å²) in [6.07, 6.45) is -6.13. The van der Waals surface area contributed by atoms with E-state index in [4.69, 9.17) is 24.5 Å². The van der Waals surface area contributed by atoms with E-state index < -0.39 is 24.3 Å². The number of nitrogens with zero attached hydrogens (tertiary/aromatic N) is 6. The Hall–Kier alpha value is -3.21. The number of carboxylic acid groups (broad SMARTS) is 2. The average molecular weight is 530 g/mol. The van der Waals surface area contributed by atoms with Gasteiger partial charge in [0.25, 0.3) is 0 Å². The lowest BCUT2D eigenvalue weighted by atomic mass is 9.83. The summed E-state index contributed by atoms with van der Waals surface area (Å²) in [6, 6.07) is 3.96. The summed E-state index contributed by atoms with van der Waals surface area (Å²) >= 11 is 0. The number of hydrogen-bond donors (Lipinski definition) is 2. The SMILES string of the molecule is CN(C)CC1CCC2(CN(c3ccc4nncn4n3)C2)OC1.O=C(O)C(F)(F)F.O=C(O)C(F)(F)F. The summed E-state index contributed by atoms with van der Waals surface area (Å²) in [5.41, 5.74) is 0.826. The van der Waals surface area contributed by atoms with Gasteiger partial charge in [-0.1, -0.05) is 0 Å². The molecule has 2 fully saturated rings. The normalized spacial score (nSPS) is 19.1. The van der Waals surface area contributed by atoms with E-state index in [0.29, 0.717) is 5.92 Å². The van der Waals surface area contributed by atoms with Gasteiger partial charge in [-0.3, -0.25) is 0 Å². The van der Waals surface area contributed by atoms with Crippen molar-refractivity contribution in [2.24, 2.45) is 5.92 Å². The molecule has 4 rings (SSSR count). The Kier molecular flexibility index (Phi) is 9.06. The molecule has 4 heterocycles. The zero-order valence-corrected chi connectivity index (χ0v) is 19.1. The van der Waals surface area contributed by atoms with Crippen LogP contribution < -0.4 is 4.90 Å². The first-order chi connectivity index (χ1) is 16.5. The topological polar surface area (TPSA) is 133 Å². The lowest BCUT2D eigenvalue weighted by Crippen LogP contribution is -2.65. The van der Waals surface area contributed by atoms with E-state index in [9.17, 15) is 26.3 Å². The van der Waals surface area contributed by atoms with Gasteiger partial charge in [-0.15, -0.1) is 15.3 Å². The van der Waals surface area contributed by atoms with Crippen molar-refractivity contribution in [2.45, 2.75) is 30.8 Å². The smallest absolute Gasteiger partial charge is 0.475 e. The van der Waals surface area contributed by atoms with Crippen LogP contribution in [0.3, 0.4) is 0 Å². The molecule has 202 valence electrons. The van der Waals surface area contributed by atoms with Crippen LogP contribution in [0.2, 0.25) is 0 Å². The van der Waals surface area contributed by atoms with Crippen LogP contribution in [0.15, 0.2) is 18.5 Å². The van der Waals surface area contributed by atoms with Gasteiger partial charge in [0, 0.05) is 6.54 Å². The zero-order chi connectivity index (χ0) is 27.3. The Morgan fingerprint density at radius 1 is 1.11 bits per heavy atom. The van der Waals surface area contributed by atoms with Crippen LogP contribution in [0.4, 0.5) is 32.2 Å². The third kappa shape index (κ3) is 8.18. The minimum absolute atomic E-state index is 0.0483. The van der Waals surface area contributed by atoms with Gasteiger partial charge < -0.3 is 24.7 Å². The van der Waals surface area contributed by atoms with Crippen molar-refractivity contribution in [2.75, 3.05) is 45.2 Å². The summed E-state index contributed by atoms with van der Waals surface area (Å²) < 4.78 is 71.4. The molecule has 2 aliphatic rings. The van der Waals surface area contributed by atoms with Crippen molar-refractivity contribution in [3.63, 3.8) is 0 Å². The van der Waals surface area contributed by atoms with Gasteiger partial charge in [-0.25, -0.2) is 9.59 Å². The molecule has 1 spiro atoms. The van der Waals surface area contributed by atoms with Crippen molar-refractivity contribution in [1.82, 2.24) is 24.7 Å². The number of alkyl halides is 6. The van der Waals surface area contributed by atoms with Crippen LogP contribution in [0.25, 0.3) is 5.65 Å². The number of hydrogen-bond acceptors (Lipinski definition) is 8. The highest BCUT2D eigenvalue weighted by Crippen LogP contribution is 2.37. The van der Waals surface area contributed by atoms with Crippen LogP contribution >= 0.6 is 0 Å². The molecule has 0 radical (unpaired) electrons. The first kappa shape index (κ1) is 29.0. The summed E-state index contributed by atoms with van der Waals surface area (Å²) in [5, 5.41) is 26.6. The third-order valence-electron chi connectivity index (χ3n) is 5.17. The number of fused-ring (bicyclic) bond motifs is 1. The molecular formula is C19H24F6N6O5. The quantitative estimate of drug-likeness (QED) is 0.567. The minimum Gasteiger partial charge on any atom is -0.475 e. The maximum absolute atomic E-state index is 10.6. The number of carbonyl (C=O) groups is 2. The molecule has 2 aliphatic heterocycles. The van der Waals surface area contributed by atoms with E-state index >= 15 is 0 Å². The Morgan fingerprint density at radius 2 is 1.67 bits per heavy atom. The number of halogens is 6. The second-order valence-corrected chi connectivity index (χ2v) is 8.45. The maximum atomic E-state index is 10.6. The molecule has 1 atom stereocenters. The van der Waals surface area contributed by atoms with Crippen LogP contribution in [0.1, 0.15) is 12.8 Å². The van der Waals surface area contributed by atoms with Crippen LogP contribution in [-0.4, -0.2) is 105 Å². The number of aliphatic carboxylic acids is 2. The van der Waals surface area contributed by atoms with Gasteiger partial charge in [-0.2, -0.15) is 30.9 Å². The molecule has 17 heteroatoms. The van der Waals surface area contributed by atoms with Crippen LogP contribution in [0.5, 0.6) is 0 Å². The van der Waals surface area contributed by atoms with Crippen molar-refractivity contribution in [3.8, 4) is 0 Å². The van der Waals surface area contributed by atoms with Gasteiger partial charge in [0.1, 0.15) is 17.7 Å². The van der Waals surface area contributed by atoms with E-state index in [1.54, 1.807) is 10.8 Å². The maximum Gasteiger partial charge on any atom is 0.490 e. The van der Waals surface area contributed by atoms with Crippen molar-refractivity contribution in [1.29, 1.82) is 0 Å². The Labute approximate surface area is 200 Å². The predicted octanol–water partition coefficient (Wildman–Crippen LogP) is 1.94. The molecule has 2 saturated heterocycles. The molecule has 2 N–H and O–H groups in total. The van der Waals surface area contributed by atoms with E-state index in [2.05, 4.69) is 39.2 Å². The van der Waals surface area contributed by atoms with Crippen molar-refractivity contribution in [3.05, 3.63) is 18.5 Å². The number of rotatable bonds is 3. The predicted molar refractivity (Wildman–Crippen MR) is 110 cm³/mol. The van der Waals surface area contributed by atoms with Gasteiger partial charge in [0.05, 0.1) is 19.7 Å². The number of ether oxygens (including phenoxy) is 1. The standard InChI is InChI=1S/C15H22N6O.2C2HF3O2/c1-19(2)7-12-5-6-15(22-8-12)9-20(10-15)14-4-3-13-17-16-11-21(13)18-14;2*3-2(4,5)1(6)7/h3-4,11-12H,5-10H2,1-2H3;2*(H,6,7). The number of anilines is 1. The third-order valence-corrected chi connectivity index (χ3v) is 5.17. The summed E-state index contributed by atoms with van der Waals surface area (Å²) in [5.74, 6) is -3.88. The monoisotopic (exact) mass is 530 g/mol. The molecule has 0 saturated carbocycles. The fraction of sp³-hybridized carbons (Fsp3) is 0.632. The Bertz CT molecular complexity index is 1000. The molecule has 2 aromatic rings. The first-order valence-corrected chi connectivity index (χ1v) is 10.3. The molecular weight excluding hydrogens is 506 g/mol. The average Bonchev–Trinajstić information content (AvgIpc) is 3.20. The zero-order valence-electron chi connectivity index (χ0n) is 19.1. The summed E-state index contributed by atoms with van der Waals surface area (Å²) in [4.78, 5) is 22.3. The van der Waals surface area contributed by atoms with Gasteiger partial charge in [0.15, 0.2) is 5.65 Å². The molecule has 2 aromatic heterocycles. The molecule has 0 aliphatic carbocycles. The molecule has 11 nitrogen and oxygen atoms in total. The van der Waals surface area contributed by atoms with Gasteiger partial charge in [-0.05, 0) is 45.0 Å². The highest BCUT2D eigenvalue weighted by molar-refractivity contribution is 5.73. The largest absolute Gasteiger partial charge is 0.490 e. The van der Waals surface area contributed by atoms with Crippen LogP contribution in [-0.2, 0) is 14.3 Å². The minimum atomic E-state index is -5.08. The Morgan fingerprint density at radius 3 is 2.11 bits per heavy atom. The molecule has 36 heavy (non-hydrogen) atoms. The second kappa shape index (κ2) is 11.2.